The lowest BCUT2D eigenvalue weighted by Gasteiger charge is -2.46. The molecule has 3 aliphatic rings. The molecule has 2 saturated carbocycles. The third-order valence-electron chi connectivity index (χ3n) is 10.2. The number of hydrogen-bond donors (Lipinski definition) is 1. The Balaban J connectivity index is 1.23. The lowest BCUT2D eigenvalue weighted by Crippen LogP contribution is -2.49. The molecule has 1 spiro atoms. The van der Waals surface area contributed by atoms with E-state index >= 15 is 0 Å². The van der Waals surface area contributed by atoms with Crippen molar-refractivity contribution in [2.24, 2.45) is 5.41 Å². The van der Waals surface area contributed by atoms with Gasteiger partial charge in [-0.05, 0) is 127 Å². The number of carbonyl (C=O) groups is 1. The van der Waals surface area contributed by atoms with E-state index in [-0.39, 0.29) is 18.0 Å². The van der Waals surface area contributed by atoms with E-state index in [2.05, 4.69) is 37.7 Å². The van der Waals surface area contributed by atoms with Gasteiger partial charge in [-0.15, -0.1) is 0 Å². The summed E-state index contributed by atoms with van der Waals surface area (Å²) in [5, 5.41) is 1.18. The lowest BCUT2D eigenvalue weighted by atomic mass is 9.65. The molecule has 1 aromatic carbocycles. The van der Waals surface area contributed by atoms with Gasteiger partial charge in [0.15, 0.2) is 0 Å². The first-order valence-electron chi connectivity index (χ1n) is 15.8. The molecule has 1 amide bonds. The number of aromatic nitrogens is 2. The Bertz CT molecular complexity index is 1410. The summed E-state index contributed by atoms with van der Waals surface area (Å²) in [6.07, 6.45) is 16.9. The number of fused-ring (bicyclic) bond motifs is 1. The van der Waals surface area contributed by atoms with Gasteiger partial charge in [0.05, 0.1) is 23.0 Å². The fourth-order valence-corrected chi connectivity index (χ4v) is 8.82. The van der Waals surface area contributed by atoms with E-state index in [9.17, 15) is 9.18 Å². The van der Waals surface area contributed by atoms with Crippen molar-refractivity contribution in [3.63, 3.8) is 0 Å². The monoisotopic (exact) mass is 591 g/mol. The Morgan fingerprint density at radius 3 is 2.55 bits per heavy atom. The van der Waals surface area contributed by atoms with Crippen LogP contribution in [0.3, 0.4) is 0 Å². The number of rotatable bonds is 8. The summed E-state index contributed by atoms with van der Waals surface area (Å²) in [7, 11) is 0. The van der Waals surface area contributed by atoms with Crippen molar-refractivity contribution in [1.82, 2.24) is 24.1 Å². The fourth-order valence-electron chi connectivity index (χ4n) is 8.32. The summed E-state index contributed by atoms with van der Waals surface area (Å²) in [5.41, 5.74) is 3.94. The van der Waals surface area contributed by atoms with E-state index in [1.807, 2.05) is 45.0 Å². The Morgan fingerprint density at radius 1 is 1.12 bits per heavy atom. The lowest BCUT2D eigenvalue weighted by molar-refractivity contribution is 0.0643. The van der Waals surface area contributed by atoms with Crippen molar-refractivity contribution >= 4 is 28.8 Å². The molecule has 8 heteroatoms. The highest BCUT2D eigenvalue weighted by Gasteiger charge is 2.49. The van der Waals surface area contributed by atoms with Crippen LogP contribution in [-0.2, 0) is 0 Å². The third-order valence-corrected chi connectivity index (χ3v) is 10.8. The summed E-state index contributed by atoms with van der Waals surface area (Å²) in [6.45, 7) is 10.5. The number of hydrogen-bond acceptors (Lipinski definition) is 5. The van der Waals surface area contributed by atoms with Crippen molar-refractivity contribution in [2.45, 2.75) is 103 Å². The van der Waals surface area contributed by atoms with Crippen molar-refractivity contribution in [1.29, 1.82) is 0 Å². The van der Waals surface area contributed by atoms with Gasteiger partial charge in [0.25, 0.3) is 5.91 Å². The SMILES string of the molecule is CSNC1CC2(CCN(C3CCC(c4cn(-c5ccc(F)cc5C(=O)N(C(C)C)C(C)C)c5cnccc45)CC3)C2)C1. The molecule has 42 heavy (non-hydrogen) atoms. The highest BCUT2D eigenvalue weighted by Crippen LogP contribution is 2.50. The smallest absolute Gasteiger partial charge is 0.256 e. The molecule has 0 radical (unpaired) electrons. The van der Waals surface area contributed by atoms with Crippen LogP contribution in [0.15, 0.2) is 42.9 Å². The van der Waals surface area contributed by atoms with Crippen LogP contribution >= 0.6 is 11.9 Å². The minimum Gasteiger partial charge on any atom is -0.334 e. The molecular formula is C34H46FN5OS. The second-order valence-electron chi connectivity index (χ2n) is 13.6. The number of benzene rings is 1. The second kappa shape index (κ2) is 11.9. The van der Waals surface area contributed by atoms with Gasteiger partial charge < -0.3 is 9.47 Å². The van der Waals surface area contributed by atoms with E-state index in [0.717, 1.165) is 18.4 Å². The molecule has 226 valence electrons. The minimum atomic E-state index is -0.399. The summed E-state index contributed by atoms with van der Waals surface area (Å²) >= 11 is 1.76. The highest BCUT2D eigenvalue weighted by molar-refractivity contribution is 7.96. The van der Waals surface area contributed by atoms with Crippen molar-refractivity contribution in [2.75, 3.05) is 19.3 Å². The normalized spacial score (nSPS) is 26.4. The maximum Gasteiger partial charge on any atom is 0.256 e. The van der Waals surface area contributed by atoms with Gasteiger partial charge in [0.1, 0.15) is 5.82 Å². The third kappa shape index (κ3) is 5.50. The van der Waals surface area contributed by atoms with Gasteiger partial charge in [-0.2, -0.15) is 0 Å². The molecule has 0 unspecified atom stereocenters. The predicted octanol–water partition coefficient (Wildman–Crippen LogP) is 7.17. The second-order valence-corrected chi connectivity index (χ2v) is 14.2. The minimum absolute atomic E-state index is 0.00523. The Labute approximate surface area is 254 Å². The molecule has 1 N–H and O–H groups in total. The molecule has 3 fully saturated rings. The largest absolute Gasteiger partial charge is 0.334 e. The Morgan fingerprint density at radius 2 is 1.86 bits per heavy atom. The van der Waals surface area contributed by atoms with Gasteiger partial charge in [-0.3, -0.25) is 19.4 Å². The number of halogens is 1. The fraction of sp³-hybridized carbons (Fsp3) is 0.588. The van der Waals surface area contributed by atoms with Crippen LogP contribution in [0.1, 0.15) is 94.5 Å². The summed E-state index contributed by atoms with van der Waals surface area (Å²) in [4.78, 5) is 22.9. The summed E-state index contributed by atoms with van der Waals surface area (Å²) in [6, 6.07) is 8.09. The van der Waals surface area contributed by atoms with E-state index in [0.29, 0.717) is 34.7 Å². The number of carbonyl (C=O) groups excluding carboxylic acids is 1. The van der Waals surface area contributed by atoms with Crippen molar-refractivity contribution in [3.05, 3.63) is 59.8 Å². The van der Waals surface area contributed by atoms with E-state index in [1.165, 1.54) is 68.3 Å². The zero-order chi connectivity index (χ0) is 29.6. The van der Waals surface area contributed by atoms with Crippen LogP contribution in [0.25, 0.3) is 16.6 Å². The molecule has 1 aliphatic heterocycles. The Hall–Kier alpha value is -2.42. The van der Waals surface area contributed by atoms with Gasteiger partial charge in [-0.1, -0.05) is 11.9 Å². The Kier molecular flexibility index (Phi) is 8.42. The molecule has 6 rings (SSSR count). The number of pyridine rings is 1. The molecule has 0 atom stereocenters. The zero-order valence-corrected chi connectivity index (χ0v) is 26.6. The molecule has 2 aliphatic carbocycles. The predicted molar refractivity (Wildman–Crippen MR) is 171 cm³/mol. The summed E-state index contributed by atoms with van der Waals surface area (Å²) < 4.78 is 20.2. The molecule has 0 bridgehead atoms. The van der Waals surface area contributed by atoms with Crippen LogP contribution in [0.5, 0.6) is 0 Å². The van der Waals surface area contributed by atoms with Gasteiger partial charge in [-0.25, -0.2) is 4.39 Å². The van der Waals surface area contributed by atoms with Gasteiger partial charge >= 0.3 is 0 Å². The quantitative estimate of drug-likeness (QED) is 0.282. The first-order valence-corrected chi connectivity index (χ1v) is 17.0. The highest BCUT2D eigenvalue weighted by atomic mass is 32.2. The van der Waals surface area contributed by atoms with Crippen LogP contribution in [-0.4, -0.2) is 68.8 Å². The van der Waals surface area contributed by atoms with Crippen LogP contribution in [0, 0.1) is 11.2 Å². The molecule has 3 aromatic rings. The number of likely N-dealkylation sites (tertiary alicyclic amines) is 1. The number of nitrogens with one attached hydrogen (secondary N) is 1. The molecule has 3 heterocycles. The average molecular weight is 592 g/mol. The van der Waals surface area contributed by atoms with E-state index < -0.39 is 5.82 Å². The first-order chi connectivity index (χ1) is 20.2. The molecule has 2 aromatic heterocycles. The van der Waals surface area contributed by atoms with Crippen LogP contribution in [0.4, 0.5) is 4.39 Å². The number of amides is 1. The van der Waals surface area contributed by atoms with Crippen LogP contribution in [0.2, 0.25) is 0 Å². The maximum absolute atomic E-state index is 14.6. The van der Waals surface area contributed by atoms with Gasteiger partial charge in [0, 0.05) is 48.5 Å². The first kappa shape index (κ1) is 29.6. The molecule has 6 nitrogen and oxygen atoms in total. The van der Waals surface area contributed by atoms with Crippen molar-refractivity contribution in [3.8, 4) is 5.69 Å². The summed E-state index contributed by atoms with van der Waals surface area (Å²) in [5.74, 6) is -0.0812. The van der Waals surface area contributed by atoms with Crippen molar-refractivity contribution < 1.29 is 9.18 Å². The molecular weight excluding hydrogens is 545 g/mol. The van der Waals surface area contributed by atoms with Gasteiger partial charge in [0.2, 0.25) is 0 Å². The zero-order valence-electron chi connectivity index (χ0n) is 25.8. The molecule has 1 saturated heterocycles. The number of nitrogens with zero attached hydrogens (tertiary/aromatic N) is 4. The average Bonchev–Trinajstić information content (AvgIpc) is 3.56. The van der Waals surface area contributed by atoms with E-state index in [4.69, 9.17) is 0 Å². The topological polar surface area (TPSA) is 53.4 Å². The maximum atomic E-state index is 14.6. The standard InChI is InChI=1S/C34H46FN5OS/c1-22(2)40(23(3)4)33(41)29-16-25(35)8-11-31(29)39-20-30(28-12-14-36-19-32(28)39)24-6-9-27(10-7-24)38-15-13-34(21-38)17-26(18-34)37-42-5/h8,11-12,14,16,19-20,22-24,26-27,37H,6-7,9-10,13,15,17-18,21H2,1-5H3. The van der Waals surface area contributed by atoms with Crippen LogP contribution < -0.4 is 4.72 Å². The van der Waals surface area contributed by atoms with E-state index in [1.54, 1.807) is 18.0 Å².